The highest BCUT2D eigenvalue weighted by atomic mass is 79.9. The smallest absolute Gasteiger partial charge is 0.135 e. The van der Waals surface area contributed by atoms with Crippen molar-refractivity contribution in [2.75, 3.05) is 31.1 Å². The maximum absolute atomic E-state index is 12.1. The molecule has 168 valence electrons. The summed E-state index contributed by atoms with van der Waals surface area (Å²) in [7, 11) is 0. The number of aliphatic hydroxyl groups excluding tert-OH is 1. The number of carbonyl (C=O) groups excluding carboxylic acids is 1. The van der Waals surface area contributed by atoms with Gasteiger partial charge >= 0.3 is 0 Å². The van der Waals surface area contributed by atoms with Gasteiger partial charge in [-0.3, -0.25) is 10.2 Å². The van der Waals surface area contributed by atoms with E-state index in [1.807, 2.05) is 12.1 Å². The number of hydrogen-bond acceptors (Lipinski definition) is 8. The van der Waals surface area contributed by atoms with Gasteiger partial charge in [0, 0.05) is 42.7 Å². The quantitative estimate of drug-likeness (QED) is 0.556. The number of fused-ring (bicyclic) bond motifs is 1. The first kappa shape index (κ1) is 22.8. The maximum atomic E-state index is 12.1. The van der Waals surface area contributed by atoms with Crippen LogP contribution < -0.4 is 10.2 Å². The number of thiophene rings is 1. The molecule has 2 aromatic rings. The van der Waals surface area contributed by atoms with E-state index in [0.717, 1.165) is 58.2 Å². The summed E-state index contributed by atoms with van der Waals surface area (Å²) >= 11 is 5.14. The van der Waals surface area contributed by atoms with Gasteiger partial charge in [-0.15, -0.1) is 11.3 Å². The first-order valence-electron chi connectivity index (χ1n) is 10.9. The zero-order valence-electron chi connectivity index (χ0n) is 18.2. The molecule has 1 fully saturated rings. The third-order valence-electron chi connectivity index (χ3n) is 6.20. The van der Waals surface area contributed by atoms with Gasteiger partial charge in [0.05, 0.1) is 27.7 Å². The highest BCUT2D eigenvalue weighted by molar-refractivity contribution is 9.11. The second-order valence-corrected chi connectivity index (χ2v) is 11.2. The van der Waals surface area contributed by atoms with E-state index >= 15 is 0 Å². The van der Waals surface area contributed by atoms with Crippen molar-refractivity contribution in [2.24, 2.45) is 0 Å². The lowest BCUT2D eigenvalue weighted by Crippen LogP contribution is -2.58. The molecule has 0 radical (unpaired) electrons. The van der Waals surface area contributed by atoms with Crippen molar-refractivity contribution >= 4 is 39.4 Å². The van der Waals surface area contributed by atoms with E-state index in [0.29, 0.717) is 6.42 Å². The van der Waals surface area contributed by atoms with Gasteiger partial charge in [-0.1, -0.05) is 6.92 Å². The van der Waals surface area contributed by atoms with E-state index in [4.69, 9.17) is 0 Å². The summed E-state index contributed by atoms with van der Waals surface area (Å²) in [5.74, 6) is 0.992. The van der Waals surface area contributed by atoms with Crippen LogP contribution in [0.5, 0.6) is 0 Å². The average molecular weight is 508 g/mol. The fraction of sp³-hybridized carbons (Fsp3) is 0.591. The van der Waals surface area contributed by atoms with Crippen LogP contribution in [0.1, 0.15) is 61.3 Å². The third-order valence-corrected chi connectivity index (χ3v) is 7.92. The molecular weight excluding hydrogens is 478 g/mol. The van der Waals surface area contributed by atoms with Crippen LogP contribution in [0.3, 0.4) is 0 Å². The second-order valence-electron chi connectivity index (χ2n) is 8.74. The van der Waals surface area contributed by atoms with Gasteiger partial charge in [-0.05, 0) is 54.2 Å². The van der Waals surface area contributed by atoms with Crippen molar-refractivity contribution in [3.63, 3.8) is 0 Å². The molecule has 0 saturated carbocycles. The van der Waals surface area contributed by atoms with Crippen molar-refractivity contribution in [3.05, 3.63) is 38.4 Å². The van der Waals surface area contributed by atoms with Gasteiger partial charge < -0.3 is 14.8 Å². The van der Waals surface area contributed by atoms with Crippen molar-refractivity contribution in [1.29, 1.82) is 0 Å². The number of anilines is 1. The Labute approximate surface area is 196 Å². The molecule has 2 aliphatic rings. The molecule has 1 aliphatic carbocycles. The predicted octanol–water partition coefficient (Wildman–Crippen LogP) is 3.27. The first-order chi connectivity index (χ1) is 14.9. The van der Waals surface area contributed by atoms with Crippen LogP contribution in [0.2, 0.25) is 0 Å². The van der Waals surface area contributed by atoms with Crippen LogP contribution in [0.25, 0.3) is 0 Å². The minimum Gasteiger partial charge on any atom is -0.387 e. The molecule has 2 aromatic heterocycles. The van der Waals surface area contributed by atoms with Gasteiger partial charge in [-0.25, -0.2) is 9.97 Å². The van der Waals surface area contributed by atoms with E-state index in [2.05, 4.69) is 61.8 Å². The molecule has 0 aromatic carbocycles. The van der Waals surface area contributed by atoms with E-state index in [1.54, 1.807) is 17.7 Å². The molecule has 1 aliphatic heterocycles. The molecule has 1 saturated heterocycles. The number of nitrogens with one attached hydrogen (secondary N) is 1. The molecule has 0 spiro atoms. The van der Waals surface area contributed by atoms with E-state index < -0.39 is 6.10 Å². The Hall–Kier alpha value is -1.39. The molecule has 31 heavy (non-hydrogen) atoms. The van der Waals surface area contributed by atoms with Crippen LogP contribution in [0.15, 0.2) is 22.2 Å². The Bertz CT molecular complexity index is 915. The number of hydrogen-bond donors (Lipinski definition) is 2. The summed E-state index contributed by atoms with van der Waals surface area (Å²) in [6, 6.07) is 4.31. The number of halogens is 1. The van der Waals surface area contributed by atoms with Gasteiger partial charge in [0.1, 0.15) is 18.4 Å². The van der Waals surface area contributed by atoms with Gasteiger partial charge in [0.25, 0.3) is 0 Å². The minimum atomic E-state index is -0.494. The number of aldehydes is 1. The lowest BCUT2D eigenvalue weighted by molar-refractivity contribution is -0.110. The summed E-state index contributed by atoms with van der Waals surface area (Å²) in [4.78, 5) is 26.8. The summed E-state index contributed by atoms with van der Waals surface area (Å²) < 4.78 is 1.04. The molecule has 4 atom stereocenters. The maximum Gasteiger partial charge on any atom is 0.135 e. The molecule has 7 nitrogen and oxygen atoms in total. The second kappa shape index (κ2) is 9.62. The van der Waals surface area contributed by atoms with Crippen LogP contribution >= 0.6 is 27.3 Å². The Morgan fingerprint density at radius 3 is 2.61 bits per heavy atom. The Morgan fingerprint density at radius 1 is 1.26 bits per heavy atom. The standard InChI is InChI=1S/C22H30BrN5O2S/c1-13(2)26-21(15(11-29)17-4-5-18(23)31-17)27-6-8-28(9-7-27)22-19-14(3)10-16(30)20(19)24-12-25-22/h4-5,11-16,21,26,30H,6-10H2,1-3H3/t14-,15?,16+,21?/m1/s1. The predicted molar refractivity (Wildman–Crippen MR) is 127 cm³/mol. The SMILES string of the molecule is CC(C)NC(C(C=O)c1ccc(Br)s1)N1CCN(c2ncnc3c2[C@H](C)C[C@@H]3O)CC1. The summed E-state index contributed by atoms with van der Waals surface area (Å²) in [6.07, 6.45) is 2.81. The molecule has 4 rings (SSSR count). The largest absolute Gasteiger partial charge is 0.387 e. The van der Waals surface area contributed by atoms with Crippen LogP contribution in [0.4, 0.5) is 5.82 Å². The van der Waals surface area contributed by atoms with Crippen LogP contribution in [-0.2, 0) is 4.79 Å². The molecule has 2 unspecified atom stereocenters. The van der Waals surface area contributed by atoms with Crippen LogP contribution in [-0.4, -0.2) is 64.6 Å². The molecule has 9 heteroatoms. The van der Waals surface area contributed by atoms with Crippen molar-refractivity contribution in [1.82, 2.24) is 20.2 Å². The van der Waals surface area contributed by atoms with E-state index in [9.17, 15) is 9.90 Å². The lowest BCUT2D eigenvalue weighted by Gasteiger charge is -2.42. The lowest BCUT2D eigenvalue weighted by atomic mass is 10.0. The van der Waals surface area contributed by atoms with E-state index in [-0.39, 0.29) is 24.0 Å². The normalized spacial score (nSPS) is 23.7. The highest BCUT2D eigenvalue weighted by Crippen LogP contribution is 2.43. The Morgan fingerprint density at radius 2 is 2.00 bits per heavy atom. The van der Waals surface area contributed by atoms with Gasteiger partial charge in [0.2, 0.25) is 0 Å². The zero-order valence-corrected chi connectivity index (χ0v) is 20.6. The first-order valence-corrected chi connectivity index (χ1v) is 12.5. The number of aliphatic hydroxyl groups is 1. The van der Waals surface area contributed by atoms with Gasteiger partial charge in [0.15, 0.2) is 0 Å². The molecule has 0 bridgehead atoms. The van der Waals surface area contributed by atoms with E-state index in [1.165, 1.54) is 0 Å². The fourth-order valence-corrected chi connectivity index (χ4v) is 6.26. The summed E-state index contributed by atoms with van der Waals surface area (Å²) in [6.45, 7) is 9.67. The number of aromatic nitrogens is 2. The summed E-state index contributed by atoms with van der Waals surface area (Å²) in [5, 5.41) is 13.9. The number of nitrogens with zero attached hydrogens (tertiary/aromatic N) is 4. The zero-order chi connectivity index (χ0) is 22.1. The third kappa shape index (κ3) is 4.71. The topological polar surface area (TPSA) is 81.6 Å². The fourth-order valence-electron chi connectivity index (χ4n) is 4.75. The Balaban J connectivity index is 1.52. The number of rotatable bonds is 7. The van der Waals surface area contributed by atoms with Crippen molar-refractivity contribution < 1.29 is 9.90 Å². The average Bonchev–Trinajstić information content (AvgIpc) is 3.30. The highest BCUT2D eigenvalue weighted by Gasteiger charge is 2.36. The molecule has 2 N–H and O–H groups in total. The monoisotopic (exact) mass is 507 g/mol. The van der Waals surface area contributed by atoms with Crippen LogP contribution in [0, 0.1) is 0 Å². The Kier molecular flexibility index (Phi) is 7.07. The van der Waals surface area contributed by atoms with Crippen molar-refractivity contribution in [3.8, 4) is 0 Å². The number of piperazine rings is 1. The molecule has 0 amide bonds. The van der Waals surface area contributed by atoms with Gasteiger partial charge in [-0.2, -0.15) is 0 Å². The molecular formula is C22H30BrN5O2S. The van der Waals surface area contributed by atoms with Crippen molar-refractivity contribution in [2.45, 2.75) is 57.3 Å². The number of carbonyl (C=O) groups is 1. The minimum absolute atomic E-state index is 0.0536. The molecule has 3 heterocycles. The summed E-state index contributed by atoms with van der Waals surface area (Å²) in [5.41, 5.74) is 1.87.